The molecule has 0 aliphatic rings. The van der Waals surface area contributed by atoms with E-state index in [9.17, 15) is 14.4 Å². The summed E-state index contributed by atoms with van der Waals surface area (Å²) in [6.07, 6.45) is 43.9. The number of unbranched alkanes of at least 4 members (excludes halogenated alkanes) is 29. The van der Waals surface area contributed by atoms with Crippen LogP contribution in [0.25, 0.3) is 0 Å². The number of carbonyl (C=O) groups is 3. The minimum absolute atomic E-state index is 0.0655. The van der Waals surface area contributed by atoms with E-state index in [1.54, 1.807) is 0 Å². The molecule has 0 bridgehead atoms. The van der Waals surface area contributed by atoms with E-state index >= 15 is 0 Å². The molecule has 0 aromatic rings. The van der Waals surface area contributed by atoms with Crippen LogP contribution in [0.2, 0.25) is 0 Å². The van der Waals surface area contributed by atoms with Gasteiger partial charge in [-0.05, 0) is 37.0 Å². The van der Waals surface area contributed by atoms with E-state index in [1.165, 1.54) is 167 Å². The molecule has 0 saturated carbocycles. The zero-order chi connectivity index (χ0) is 43.4. The van der Waals surface area contributed by atoms with Gasteiger partial charge in [0.15, 0.2) is 6.10 Å². The summed E-state index contributed by atoms with van der Waals surface area (Å²) in [6, 6.07) is 0. The van der Waals surface area contributed by atoms with Crippen molar-refractivity contribution < 1.29 is 28.6 Å². The molecule has 0 amide bonds. The molecule has 0 spiro atoms. The molecular weight excluding hydrogens is 733 g/mol. The van der Waals surface area contributed by atoms with Crippen molar-refractivity contribution in [3.05, 3.63) is 0 Å². The van der Waals surface area contributed by atoms with Crippen molar-refractivity contribution in [2.24, 2.45) is 17.8 Å². The van der Waals surface area contributed by atoms with Crippen LogP contribution < -0.4 is 0 Å². The molecule has 0 aromatic carbocycles. The standard InChI is InChI=1S/C53H102O6/c1-47(2)39-33-27-21-17-13-9-7-8-10-15-19-23-30-36-42-51(54)57-45-50(59-53(56)44-38-32-26-25-29-35-41-49(5)6)46-58-52(55)43-37-31-24-20-16-12-11-14-18-22-28-34-40-48(3)4/h47-50H,7-46H2,1-6H3/t50-/m1/s1. The molecule has 0 radical (unpaired) electrons. The predicted octanol–water partition coefficient (Wildman–Crippen LogP) is 16.8. The maximum absolute atomic E-state index is 12.7. The van der Waals surface area contributed by atoms with Gasteiger partial charge in [0, 0.05) is 19.3 Å². The quantitative estimate of drug-likeness (QED) is 0.0345. The maximum atomic E-state index is 12.7. The number of carbonyl (C=O) groups excluding carboxylic acids is 3. The van der Waals surface area contributed by atoms with Gasteiger partial charge in [-0.15, -0.1) is 0 Å². The number of hydrogen-bond acceptors (Lipinski definition) is 6. The number of esters is 3. The lowest BCUT2D eigenvalue weighted by Crippen LogP contribution is -2.30. The van der Waals surface area contributed by atoms with E-state index in [1.807, 2.05) is 0 Å². The molecule has 0 fully saturated rings. The van der Waals surface area contributed by atoms with Crippen LogP contribution in [0.4, 0.5) is 0 Å². The summed E-state index contributed by atoms with van der Waals surface area (Å²) in [5, 5.41) is 0. The van der Waals surface area contributed by atoms with Crippen molar-refractivity contribution in [1.29, 1.82) is 0 Å². The van der Waals surface area contributed by atoms with Crippen molar-refractivity contribution in [2.75, 3.05) is 13.2 Å². The summed E-state index contributed by atoms with van der Waals surface area (Å²) < 4.78 is 16.8. The van der Waals surface area contributed by atoms with Crippen LogP contribution in [0.15, 0.2) is 0 Å². The summed E-state index contributed by atoms with van der Waals surface area (Å²) in [4.78, 5) is 37.9. The second-order valence-electron chi connectivity index (χ2n) is 19.6. The van der Waals surface area contributed by atoms with Crippen molar-refractivity contribution in [3.63, 3.8) is 0 Å². The van der Waals surface area contributed by atoms with Gasteiger partial charge in [0.1, 0.15) is 13.2 Å². The van der Waals surface area contributed by atoms with Crippen LogP contribution in [0.3, 0.4) is 0 Å². The maximum Gasteiger partial charge on any atom is 0.306 e. The Bertz CT molecular complexity index is 914. The van der Waals surface area contributed by atoms with Gasteiger partial charge in [0.05, 0.1) is 0 Å². The molecular formula is C53H102O6. The summed E-state index contributed by atoms with van der Waals surface area (Å²) in [7, 11) is 0. The zero-order valence-corrected chi connectivity index (χ0v) is 40.5. The third kappa shape index (κ3) is 47.3. The van der Waals surface area contributed by atoms with Crippen LogP contribution >= 0.6 is 0 Å². The van der Waals surface area contributed by atoms with E-state index in [2.05, 4.69) is 41.5 Å². The van der Waals surface area contributed by atoms with Gasteiger partial charge in [0.2, 0.25) is 0 Å². The lowest BCUT2D eigenvalue weighted by atomic mass is 10.0. The van der Waals surface area contributed by atoms with Gasteiger partial charge >= 0.3 is 17.9 Å². The van der Waals surface area contributed by atoms with E-state index in [-0.39, 0.29) is 31.1 Å². The van der Waals surface area contributed by atoms with Gasteiger partial charge < -0.3 is 14.2 Å². The number of hydrogen-bond donors (Lipinski definition) is 0. The minimum atomic E-state index is -0.763. The summed E-state index contributed by atoms with van der Waals surface area (Å²) >= 11 is 0. The molecule has 0 aromatic heterocycles. The van der Waals surface area contributed by atoms with Crippen molar-refractivity contribution in [2.45, 2.75) is 292 Å². The molecule has 0 aliphatic heterocycles. The Labute approximate surface area is 368 Å². The van der Waals surface area contributed by atoms with E-state index in [0.29, 0.717) is 19.3 Å². The fourth-order valence-electron chi connectivity index (χ4n) is 7.94. The second kappa shape index (κ2) is 44.5. The first-order valence-corrected chi connectivity index (χ1v) is 26.1. The Kier molecular flexibility index (Phi) is 43.3. The van der Waals surface area contributed by atoms with Crippen molar-refractivity contribution in [1.82, 2.24) is 0 Å². The molecule has 0 aliphatic carbocycles. The van der Waals surface area contributed by atoms with Gasteiger partial charge in [-0.2, -0.15) is 0 Å². The first-order valence-electron chi connectivity index (χ1n) is 26.1. The van der Waals surface area contributed by atoms with Crippen molar-refractivity contribution in [3.8, 4) is 0 Å². The number of ether oxygens (including phenoxy) is 3. The Hall–Kier alpha value is -1.59. The molecule has 0 unspecified atom stereocenters. The highest BCUT2D eigenvalue weighted by Gasteiger charge is 2.19. The monoisotopic (exact) mass is 835 g/mol. The third-order valence-corrected chi connectivity index (χ3v) is 11.9. The summed E-state index contributed by atoms with van der Waals surface area (Å²) in [5.41, 5.74) is 0. The normalized spacial score (nSPS) is 12.2. The summed E-state index contributed by atoms with van der Waals surface area (Å²) in [6.45, 7) is 13.7. The first-order chi connectivity index (χ1) is 28.6. The topological polar surface area (TPSA) is 78.9 Å². The molecule has 350 valence electrons. The molecule has 0 saturated heterocycles. The first kappa shape index (κ1) is 57.4. The average Bonchev–Trinajstić information content (AvgIpc) is 3.19. The molecule has 0 heterocycles. The number of rotatable bonds is 46. The van der Waals surface area contributed by atoms with Crippen LogP contribution in [0.1, 0.15) is 286 Å². The zero-order valence-electron chi connectivity index (χ0n) is 40.5. The second-order valence-corrected chi connectivity index (χ2v) is 19.6. The van der Waals surface area contributed by atoms with Gasteiger partial charge in [0.25, 0.3) is 0 Å². The SMILES string of the molecule is CC(C)CCCCCCCCCCCCCCCCC(=O)OC[C@H](COC(=O)CCCCCCCCCCCCCCC(C)C)OC(=O)CCCCCCCCC(C)C. The van der Waals surface area contributed by atoms with Gasteiger partial charge in [-0.25, -0.2) is 0 Å². The molecule has 6 nitrogen and oxygen atoms in total. The Morgan fingerprint density at radius 1 is 0.288 bits per heavy atom. The van der Waals surface area contributed by atoms with E-state index < -0.39 is 6.10 Å². The minimum Gasteiger partial charge on any atom is -0.462 e. The fourth-order valence-corrected chi connectivity index (χ4v) is 7.94. The van der Waals surface area contributed by atoms with E-state index in [4.69, 9.17) is 14.2 Å². The summed E-state index contributed by atoms with van der Waals surface area (Å²) in [5.74, 6) is 1.58. The lowest BCUT2D eigenvalue weighted by molar-refractivity contribution is -0.167. The Morgan fingerprint density at radius 3 is 0.729 bits per heavy atom. The van der Waals surface area contributed by atoms with Crippen LogP contribution in [-0.4, -0.2) is 37.2 Å². The molecule has 0 N–H and O–H groups in total. The fraction of sp³-hybridized carbons (Fsp3) is 0.943. The Balaban J connectivity index is 4.24. The predicted molar refractivity (Wildman–Crippen MR) is 252 cm³/mol. The third-order valence-electron chi connectivity index (χ3n) is 11.9. The highest BCUT2D eigenvalue weighted by molar-refractivity contribution is 5.71. The van der Waals surface area contributed by atoms with E-state index in [0.717, 1.165) is 75.5 Å². The highest BCUT2D eigenvalue weighted by atomic mass is 16.6. The largest absolute Gasteiger partial charge is 0.462 e. The van der Waals surface area contributed by atoms with Crippen LogP contribution in [-0.2, 0) is 28.6 Å². The van der Waals surface area contributed by atoms with Gasteiger partial charge in [-0.3, -0.25) is 14.4 Å². The van der Waals surface area contributed by atoms with Gasteiger partial charge in [-0.1, -0.05) is 247 Å². The van der Waals surface area contributed by atoms with Crippen LogP contribution in [0.5, 0.6) is 0 Å². The smallest absolute Gasteiger partial charge is 0.306 e. The molecule has 59 heavy (non-hydrogen) atoms. The molecule has 1 atom stereocenters. The molecule has 0 rings (SSSR count). The lowest BCUT2D eigenvalue weighted by Gasteiger charge is -2.18. The average molecular weight is 835 g/mol. The highest BCUT2D eigenvalue weighted by Crippen LogP contribution is 2.18. The van der Waals surface area contributed by atoms with Crippen LogP contribution in [0, 0.1) is 17.8 Å². The van der Waals surface area contributed by atoms with Crippen molar-refractivity contribution >= 4 is 17.9 Å². The Morgan fingerprint density at radius 2 is 0.492 bits per heavy atom. The molecule has 6 heteroatoms.